The Labute approximate surface area is 136 Å². The van der Waals surface area contributed by atoms with Crippen LogP contribution >= 0.6 is 0 Å². The van der Waals surface area contributed by atoms with Crippen LogP contribution in [0.5, 0.6) is 0 Å². The van der Waals surface area contributed by atoms with Gasteiger partial charge in [-0.15, -0.1) is 0 Å². The Morgan fingerprint density at radius 1 is 1.17 bits per heavy atom. The van der Waals surface area contributed by atoms with Crippen LogP contribution in [-0.4, -0.2) is 46.8 Å². The van der Waals surface area contributed by atoms with Gasteiger partial charge in [-0.05, 0) is 31.4 Å². The summed E-state index contributed by atoms with van der Waals surface area (Å²) in [5.41, 5.74) is 7.26. The van der Waals surface area contributed by atoms with Gasteiger partial charge in [-0.3, -0.25) is 14.5 Å². The summed E-state index contributed by atoms with van der Waals surface area (Å²) in [6.07, 6.45) is 5.25. The molecule has 0 spiro atoms. The first-order valence-corrected chi connectivity index (χ1v) is 8.57. The van der Waals surface area contributed by atoms with Crippen LogP contribution in [0.3, 0.4) is 0 Å². The van der Waals surface area contributed by atoms with Gasteiger partial charge in [0.25, 0.3) is 5.91 Å². The Bertz CT molecular complexity index is 660. The largest absolute Gasteiger partial charge is 0.366 e. The number of benzene rings is 1. The van der Waals surface area contributed by atoms with E-state index in [1.807, 2.05) is 24.0 Å². The van der Waals surface area contributed by atoms with Crippen molar-refractivity contribution in [3.8, 4) is 0 Å². The van der Waals surface area contributed by atoms with Crippen molar-refractivity contribution in [3.63, 3.8) is 0 Å². The molecule has 1 aliphatic carbocycles. The van der Waals surface area contributed by atoms with E-state index in [2.05, 4.69) is 4.90 Å². The van der Waals surface area contributed by atoms with Crippen molar-refractivity contribution in [2.45, 2.75) is 50.7 Å². The van der Waals surface area contributed by atoms with Crippen molar-refractivity contribution in [3.05, 3.63) is 34.9 Å². The molecule has 3 aliphatic rings. The van der Waals surface area contributed by atoms with Crippen LogP contribution in [0, 0.1) is 0 Å². The lowest BCUT2D eigenvalue weighted by Crippen LogP contribution is -2.62. The van der Waals surface area contributed by atoms with Gasteiger partial charge < -0.3 is 10.6 Å². The Morgan fingerprint density at radius 2 is 1.87 bits per heavy atom. The fourth-order valence-electron chi connectivity index (χ4n) is 4.53. The molecule has 2 fully saturated rings. The molecular weight excluding hydrogens is 290 g/mol. The highest BCUT2D eigenvalue weighted by atomic mass is 16.2. The summed E-state index contributed by atoms with van der Waals surface area (Å²) < 4.78 is 0. The summed E-state index contributed by atoms with van der Waals surface area (Å²) in [5.74, 6) is -0.552. The zero-order valence-corrected chi connectivity index (χ0v) is 13.5. The second kappa shape index (κ2) is 5.34. The number of nitrogens with zero attached hydrogens (tertiary/aromatic N) is 2. The standard InChI is InChI=1S/C18H23N3O2/c1-11-14-7-4-8-15(17(19)22)16(14)18(23)21(11)13-9-20(10-13)12-5-2-3-6-12/h4,7-8,11-13H,2-3,5-6,9-10H2,1H3,(H2,19,22). The number of hydrogen-bond donors (Lipinski definition) is 1. The summed E-state index contributed by atoms with van der Waals surface area (Å²) >= 11 is 0. The molecule has 5 nitrogen and oxygen atoms in total. The number of carbonyl (C=O) groups excluding carboxylic acids is 2. The topological polar surface area (TPSA) is 66.6 Å². The second-order valence-electron chi connectivity index (χ2n) is 7.07. The zero-order chi connectivity index (χ0) is 16.1. The van der Waals surface area contributed by atoms with E-state index in [-0.39, 0.29) is 18.0 Å². The maximum Gasteiger partial charge on any atom is 0.255 e. The molecule has 2 heterocycles. The number of amides is 2. The van der Waals surface area contributed by atoms with Gasteiger partial charge in [-0.1, -0.05) is 25.0 Å². The van der Waals surface area contributed by atoms with E-state index < -0.39 is 5.91 Å². The molecule has 2 N–H and O–H groups in total. The van der Waals surface area contributed by atoms with Crippen LogP contribution in [0.15, 0.2) is 18.2 Å². The average molecular weight is 313 g/mol. The van der Waals surface area contributed by atoms with Crippen molar-refractivity contribution >= 4 is 11.8 Å². The second-order valence-corrected chi connectivity index (χ2v) is 7.07. The van der Waals surface area contributed by atoms with Crippen LogP contribution in [-0.2, 0) is 0 Å². The Hall–Kier alpha value is -1.88. The fraction of sp³-hybridized carbons (Fsp3) is 0.556. The summed E-state index contributed by atoms with van der Waals surface area (Å²) in [6, 6.07) is 6.40. The van der Waals surface area contributed by atoms with Crippen molar-refractivity contribution < 1.29 is 9.59 Å². The summed E-state index contributed by atoms with van der Waals surface area (Å²) in [5, 5.41) is 0. The van der Waals surface area contributed by atoms with Gasteiger partial charge in [-0.2, -0.15) is 0 Å². The van der Waals surface area contributed by atoms with Crippen molar-refractivity contribution in [2.75, 3.05) is 13.1 Å². The number of likely N-dealkylation sites (tertiary alicyclic amines) is 1. The van der Waals surface area contributed by atoms with E-state index in [9.17, 15) is 9.59 Å². The number of carbonyl (C=O) groups is 2. The minimum Gasteiger partial charge on any atom is -0.366 e. The molecule has 1 aromatic rings. The third-order valence-electron chi connectivity index (χ3n) is 5.80. The normalized spacial score (nSPS) is 25.7. The summed E-state index contributed by atoms with van der Waals surface area (Å²) in [7, 11) is 0. The molecule has 1 unspecified atom stereocenters. The molecule has 0 radical (unpaired) electrons. The predicted octanol–water partition coefficient (Wildman–Crippen LogP) is 1.93. The summed E-state index contributed by atoms with van der Waals surface area (Å²) in [4.78, 5) is 29.0. The molecule has 1 saturated carbocycles. The first kappa shape index (κ1) is 14.7. The highest BCUT2D eigenvalue weighted by Gasteiger charge is 2.45. The molecule has 23 heavy (non-hydrogen) atoms. The number of hydrogen-bond acceptors (Lipinski definition) is 3. The molecule has 0 aromatic heterocycles. The monoisotopic (exact) mass is 313 g/mol. The van der Waals surface area contributed by atoms with E-state index >= 15 is 0 Å². The highest BCUT2D eigenvalue weighted by Crippen LogP contribution is 2.39. The van der Waals surface area contributed by atoms with E-state index in [1.54, 1.807) is 6.07 Å². The average Bonchev–Trinajstić information content (AvgIpc) is 3.09. The first-order valence-electron chi connectivity index (χ1n) is 8.57. The first-order chi connectivity index (χ1) is 11.1. The smallest absolute Gasteiger partial charge is 0.255 e. The molecule has 2 aliphatic heterocycles. The van der Waals surface area contributed by atoms with Crippen molar-refractivity contribution in [1.82, 2.24) is 9.80 Å². The van der Waals surface area contributed by atoms with Gasteiger partial charge in [0.1, 0.15) is 0 Å². The lowest BCUT2D eigenvalue weighted by atomic mass is 9.99. The number of nitrogens with two attached hydrogens (primary N) is 1. The fourth-order valence-corrected chi connectivity index (χ4v) is 4.53. The number of rotatable bonds is 3. The van der Waals surface area contributed by atoms with Crippen molar-refractivity contribution in [1.29, 1.82) is 0 Å². The maximum atomic E-state index is 12.9. The lowest BCUT2D eigenvalue weighted by molar-refractivity contribution is -0.000172. The molecule has 1 aromatic carbocycles. The van der Waals surface area contributed by atoms with Gasteiger partial charge in [0.15, 0.2) is 0 Å². The molecule has 0 bridgehead atoms. The Morgan fingerprint density at radius 3 is 2.52 bits per heavy atom. The molecule has 1 saturated heterocycles. The highest BCUT2D eigenvalue weighted by molar-refractivity contribution is 6.09. The van der Waals surface area contributed by atoms with Crippen molar-refractivity contribution in [2.24, 2.45) is 5.73 Å². The lowest BCUT2D eigenvalue weighted by Gasteiger charge is -2.48. The molecule has 5 heteroatoms. The summed E-state index contributed by atoms with van der Waals surface area (Å²) in [6.45, 7) is 3.97. The van der Waals surface area contributed by atoms with Gasteiger partial charge in [0.05, 0.1) is 23.2 Å². The maximum absolute atomic E-state index is 12.9. The van der Waals surface area contributed by atoms with E-state index in [0.717, 1.165) is 18.7 Å². The molecule has 2 amide bonds. The molecule has 1 atom stereocenters. The number of fused-ring (bicyclic) bond motifs is 1. The zero-order valence-electron chi connectivity index (χ0n) is 13.5. The van der Waals surface area contributed by atoms with Crippen LogP contribution in [0.4, 0.5) is 0 Å². The van der Waals surface area contributed by atoms with Gasteiger partial charge in [-0.25, -0.2) is 0 Å². The van der Waals surface area contributed by atoms with E-state index in [4.69, 9.17) is 5.73 Å². The van der Waals surface area contributed by atoms with Crippen LogP contribution in [0.1, 0.15) is 64.9 Å². The molecular formula is C18H23N3O2. The molecule has 122 valence electrons. The Kier molecular flexibility index (Phi) is 3.41. The SMILES string of the molecule is CC1c2cccc(C(N)=O)c2C(=O)N1C1CN(C2CCCC2)C1. The van der Waals surface area contributed by atoms with Gasteiger partial charge in [0.2, 0.25) is 5.91 Å². The quantitative estimate of drug-likeness (QED) is 0.927. The minimum atomic E-state index is -0.523. The third-order valence-corrected chi connectivity index (χ3v) is 5.80. The van der Waals surface area contributed by atoms with Crippen LogP contribution in [0.25, 0.3) is 0 Å². The third kappa shape index (κ3) is 2.17. The van der Waals surface area contributed by atoms with Gasteiger partial charge >= 0.3 is 0 Å². The minimum absolute atomic E-state index is 0.0209. The van der Waals surface area contributed by atoms with Crippen LogP contribution < -0.4 is 5.73 Å². The molecule has 4 rings (SSSR count). The number of primary amides is 1. The Balaban J connectivity index is 1.55. The van der Waals surface area contributed by atoms with E-state index in [0.29, 0.717) is 17.2 Å². The van der Waals surface area contributed by atoms with E-state index in [1.165, 1.54) is 25.7 Å². The van der Waals surface area contributed by atoms with Crippen LogP contribution in [0.2, 0.25) is 0 Å². The predicted molar refractivity (Wildman–Crippen MR) is 87.2 cm³/mol. The van der Waals surface area contributed by atoms with Gasteiger partial charge in [0, 0.05) is 19.1 Å².